The molecule has 0 aromatic carbocycles. The van der Waals surface area contributed by atoms with Gasteiger partial charge in [0.05, 0.1) is 6.10 Å². The summed E-state index contributed by atoms with van der Waals surface area (Å²) < 4.78 is 5.33. The third kappa shape index (κ3) is 2.58. The molecule has 0 amide bonds. The van der Waals surface area contributed by atoms with Gasteiger partial charge in [-0.2, -0.15) is 0 Å². The van der Waals surface area contributed by atoms with E-state index in [1.165, 1.54) is 0 Å². The number of hydrogen-bond donors (Lipinski definition) is 1. The molecule has 80 valence electrons. The maximum atomic E-state index is 10.8. The first-order chi connectivity index (χ1) is 6.57. The quantitative estimate of drug-likeness (QED) is 0.545. The van der Waals surface area contributed by atoms with Crippen LogP contribution in [0.3, 0.4) is 0 Å². The Morgan fingerprint density at radius 1 is 1.50 bits per heavy atom. The maximum absolute atomic E-state index is 10.8. The van der Waals surface area contributed by atoms with Crippen molar-refractivity contribution in [3.63, 3.8) is 0 Å². The van der Waals surface area contributed by atoms with E-state index < -0.39 is 5.97 Å². The SMILES string of the molecule is CCCCC(=C(C)C(=O)O)C1OC1C. The van der Waals surface area contributed by atoms with Crippen LogP contribution < -0.4 is 0 Å². The zero-order valence-electron chi connectivity index (χ0n) is 9.04. The molecule has 0 aromatic rings. The highest BCUT2D eigenvalue weighted by Gasteiger charge is 2.38. The van der Waals surface area contributed by atoms with Gasteiger partial charge in [-0.3, -0.25) is 0 Å². The molecule has 3 nitrogen and oxygen atoms in total. The molecule has 0 radical (unpaired) electrons. The van der Waals surface area contributed by atoms with Crippen molar-refractivity contribution in [2.45, 2.75) is 52.2 Å². The average molecular weight is 198 g/mol. The van der Waals surface area contributed by atoms with Crippen LogP contribution in [0.2, 0.25) is 0 Å². The molecule has 0 bridgehead atoms. The van der Waals surface area contributed by atoms with Crippen LogP contribution in [0.5, 0.6) is 0 Å². The third-order valence-electron chi connectivity index (χ3n) is 2.66. The highest BCUT2D eigenvalue weighted by atomic mass is 16.6. The molecule has 1 rings (SSSR count). The first-order valence-electron chi connectivity index (χ1n) is 5.16. The second-order valence-electron chi connectivity index (χ2n) is 3.82. The molecule has 0 saturated carbocycles. The second kappa shape index (κ2) is 4.60. The van der Waals surface area contributed by atoms with Gasteiger partial charge in [-0.15, -0.1) is 0 Å². The van der Waals surface area contributed by atoms with Crippen LogP contribution in [0.15, 0.2) is 11.1 Å². The van der Waals surface area contributed by atoms with E-state index in [2.05, 4.69) is 6.92 Å². The highest BCUT2D eigenvalue weighted by molar-refractivity contribution is 5.87. The molecular formula is C11H18O3. The van der Waals surface area contributed by atoms with Crippen LogP contribution in [0, 0.1) is 0 Å². The van der Waals surface area contributed by atoms with Gasteiger partial charge in [-0.25, -0.2) is 4.79 Å². The molecule has 1 N–H and O–H groups in total. The second-order valence-corrected chi connectivity index (χ2v) is 3.82. The summed E-state index contributed by atoms with van der Waals surface area (Å²) in [6.07, 6.45) is 3.24. The number of hydrogen-bond acceptors (Lipinski definition) is 2. The molecule has 1 heterocycles. The van der Waals surface area contributed by atoms with Crippen LogP contribution in [0.1, 0.15) is 40.0 Å². The van der Waals surface area contributed by atoms with Crippen molar-refractivity contribution in [2.75, 3.05) is 0 Å². The summed E-state index contributed by atoms with van der Waals surface area (Å²) in [5.41, 5.74) is 1.44. The fourth-order valence-electron chi connectivity index (χ4n) is 1.60. The summed E-state index contributed by atoms with van der Waals surface area (Å²) >= 11 is 0. The molecule has 0 aliphatic carbocycles. The van der Waals surface area contributed by atoms with E-state index >= 15 is 0 Å². The van der Waals surface area contributed by atoms with E-state index in [-0.39, 0.29) is 12.2 Å². The Morgan fingerprint density at radius 2 is 2.07 bits per heavy atom. The predicted molar refractivity (Wildman–Crippen MR) is 54.2 cm³/mol. The summed E-state index contributed by atoms with van der Waals surface area (Å²) in [7, 11) is 0. The highest BCUT2D eigenvalue weighted by Crippen LogP contribution is 2.33. The number of carboxylic acid groups (broad SMARTS) is 1. The molecule has 0 aromatic heterocycles. The van der Waals surface area contributed by atoms with Crippen LogP contribution >= 0.6 is 0 Å². The standard InChI is InChI=1S/C11H18O3/c1-4-5-6-9(7(2)11(12)13)10-8(3)14-10/h8,10H,4-6H2,1-3H3,(H,12,13). The van der Waals surface area contributed by atoms with Crippen molar-refractivity contribution in [1.82, 2.24) is 0 Å². The molecule has 2 unspecified atom stereocenters. The Hall–Kier alpha value is -0.830. The number of unbranched alkanes of at least 4 members (excludes halogenated alkanes) is 1. The smallest absolute Gasteiger partial charge is 0.331 e. The van der Waals surface area contributed by atoms with Crippen molar-refractivity contribution in [3.8, 4) is 0 Å². The first kappa shape index (κ1) is 11.2. The first-order valence-corrected chi connectivity index (χ1v) is 5.16. The fourth-order valence-corrected chi connectivity index (χ4v) is 1.60. The minimum atomic E-state index is -0.821. The van der Waals surface area contributed by atoms with Crippen molar-refractivity contribution < 1.29 is 14.6 Å². The number of carbonyl (C=O) groups is 1. The summed E-state index contributed by atoms with van der Waals surface area (Å²) in [4.78, 5) is 10.8. The van der Waals surface area contributed by atoms with E-state index in [4.69, 9.17) is 9.84 Å². The molecule has 0 spiro atoms. The summed E-state index contributed by atoms with van der Waals surface area (Å²) in [5, 5.41) is 8.90. The Kier molecular flexibility index (Phi) is 3.69. The number of aliphatic carboxylic acids is 1. The normalized spacial score (nSPS) is 27.1. The van der Waals surface area contributed by atoms with E-state index in [1.807, 2.05) is 6.92 Å². The lowest BCUT2D eigenvalue weighted by Gasteiger charge is -2.06. The molecule has 2 atom stereocenters. The van der Waals surface area contributed by atoms with Crippen LogP contribution in [0.4, 0.5) is 0 Å². The van der Waals surface area contributed by atoms with Crippen molar-refractivity contribution in [1.29, 1.82) is 0 Å². The number of ether oxygens (including phenoxy) is 1. The van der Waals surface area contributed by atoms with Gasteiger partial charge in [0, 0.05) is 5.57 Å². The lowest BCUT2D eigenvalue weighted by molar-refractivity contribution is -0.132. The van der Waals surface area contributed by atoms with Gasteiger partial charge in [0.15, 0.2) is 0 Å². The van der Waals surface area contributed by atoms with Gasteiger partial charge in [0.25, 0.3) is 0 Å². The van der Waals surface area contributed by atoms with Gasteiger partial charge in [0.1, 0.15) is 6.10 Å². The molecule has 14 heavy (non-hydrogen) atoms. The average Bonchev–Trinajstić information content (AvgIpc) is 2.83. The topological polar surface area (TPSA) is 49.8 Å². The van der Waals surface area contributed by atoms with E-state index in [9.17, 15) is 4.79 Å². The monoisotopic (exact) mass is 198 g/mol. The summed E-state index contributed by atoms with van der Waals surface area (Å²) in [6, 6.07) is 0. The molecular weight excluding hydrogens is 180 g/mol. The van der Waals surface area contributed by atoms with Gasteiger partial charge < -0.3 is 9.84 Å². The number of epoxide rings is 1. The lowest BCUT2D eigenvalue weighted by Crippen LogP contribution is -2.07. The van der Waals surface area contributed by atoms with Crippen molar-refractivity contribution >= 4 is 5.97 Å². The molecule has 1 aliphatic heterocycles. The van der Waals surface area contributed by atoms with Gasteiger partial charge in [-0.1, -0.05) is 13.3 Å². The van der Waals surface area contributed by atoms with E-state index in [1.54, 1.807) is 6.92 Å². The van der Waals surface area contributed by atoms with Crippen LogP contribution in [-0.4, -0.2) is 23.3 Å². The molecule has 1 fully saturated rings. The van der Waals surface area contributed by atoms with Crippen LogP contribution in [0.25, 0.3) is 0 Å². The zero-order chi connectivity index (χ0) is 10.7. The summed E-state index contributed by atoms with van der Waals surface area (Å²) in [5.74, 6) is -0.821. The van der Waals surface area contributed by atoms with Gasteiger partial charge >= 0.3 is 5.97 Å². The minimum Gasteiger partial charge on any atom is -0.478 e. The predicted octanol–water partition coefficient (Wildman–Crippen LogP) is 2.37. The largest absolute Gasteiger partial charge is 0.478 e. The Balaban J connectivity index is 2.70. The molecule has 3 heteroatoms. The Morgan fingerprint density at radius 3 is 2.43 bits per heavy atom. The van der Waals surface area contributed by atoms with Crippen LogP contribution in [-0.2, 0) is 9.53 Å². The fraction of sp³-hybridized carbons (Fsp3) is 0.727. The number of carboxylic acids is 1. The third-order valence-corrected chi connectivity index (χ3v) is 2.66. The van der Waals surface area contributed by atoms with Crippen molar-refractivity contribution in [3.05, 3.63) is 11.1 Å². The van der Waals surface area contributed by atoms with E-state index in [0.717, 1.165) is 24.8 Å². The lowest BCUT2D eigenvalue weighted by atomic mass is 9.99. The number of rotatable bonds is 5. The Bertz CT molecular complexity index is 255. The minimum absolute atomic E-state index is 0.0673. The van der Waals surface area contributed by atoms with Gasteiger partial charge in [-0.05, 0) is 32.3 Å². The van der Waals surface area contributed by atoms with Gasteiger partial charge in [0.2, 0.25) is 0 Å². The zero-order valence-corrected chi connectivity index (χ0v) is 9.04. The van der Waals surface area contributed by atoms with Crippen molar-refractivity contribution in [2.24, 2.45) is 0 Å². The summed E-state index contributed by atoms with van der Waals surface area (Å²) in [6.45, 7) is 5.75. The maximum Gasteiger partial charge on any atom is 0.331 e. The molecule has 1 saturated heterocycles. The van der Waals surface area contributed by atoms with E-state index in [0.29, 0.717) is 5.57 Å². The Labute approximate surface area is 84.8 Å². The molecule has 1 aliphatic rings.